The van der Waals surface area contributed by atoms with E-state index in [1.807, 2.05) is 47.9 Å². The highest BCUT2D eigenvalue weighted by molar-refractivity contribution is 6.47. The Kier molecular flexibility index (Phi) is 7.22. The fourth-order valence-corrected chi connectivity index (χ4v) is 6.05. The molecule has 0 bridgehead atoms. The number of aromatic hydroxyl groups is 1. The summed E-state index contributed by atoms with van der Waals surface area (Å²) in [6.45, 7) is 7.84. The Bertz CT molecular complexity index is 1580. The molecule has 0 saturated carbocycles. The van der Waals surface area contributed by atoms with Crippen LogP contribution in [0.15, 0.2) is 66.7 Å². The van der Waals surface area contributed by atoms with E-state index in [0.717, 1.165) is 80.3 Å². The van der Waals surface area contributed by atoms with Crippen molar-refractivity contribution in [1.82, 2.24) is 9.55 Å². The lowest BCUT2D eigenvalue weighted by Crippen LogP contribution is -2.46. The molecule has 1 amide bonds. The Labute approximate surface area is 240 Å². The second kappa shape index (κ2) is 11.1. The topological polar surface area (TPSA) is 90.7 Å². The molecule has 210 valence electrons. The van der Waals surface area contributed by atoms with Crippen LogP contribution in [0.25, 0.3) is 11.1 Å². The summed E-state index contributed by atoms with van der Waals surface area (Å²) in [4.78, 5) is 35.8. The summed E-state index contributed by atoms with van der Waals surface area (Å²) in [6.07, 6.45) is 2.93. The van der Waals surface area contributed by atoms with Crippen molar-refractivity contribution in [1.29, 1.82) is 0 Å². The van der Waals surface area contributed by atoms with Crippen LogP contribution in [0.1, 0.15) is 40.3 Å². The van der Waals surface area contributed by atoms with Gasteiger partial charge in [0.05, 0.1) is 5.69 Å². The van der Waals surface area contributed by atoms with Crippen LogP contribution in [0.3, 0.4) is 0 Å². The van der Waals surface area contributed by atoms with Crippen LogP contribution in [0.5, 0.6) is 5.75 Å². The molecule has 4 heterocycles. The molecule has 41 heavy (non-hydrogen) atoms. The number of aromatic nitrogens is 2. The van der Waals surface area contributed by atoms with Gasteiger partial charge in [0.2, 0.25) is 0 Å². The maximum atomic E-state index is 13.6. The molecule has 4 aromatic rings. The van der Waals surface area contributed by atoms with Gasteiger partial charge in [0.1, 0.15) is 17.3 Å². The molecule has 8 nitrogen and oxygen atoms in total. The zero-order valence-electron chi connectivity index (χ0n) is 23.6. The van der Waals surface area contributed by atoms with Gasteiger partial charge in [-0.3, -0.25) is 9.59 Å². The second-order valence-electron chi connectivity index (χ2n) is 11.0. The number of carbonyl (C=O) groups is 2. The Morgan fingerprint density at radius 2 is 1.61 bits per heavy atom. The number of anilines is 3. The lowest BCUT2D eigenvalue weighted by Gasteiger charge is -2.37. The summed E-state index contributed by atoms with van der Waals surface area (Å²) in [5.74, 6) is -0.237. The molecule has 6 rings (SSSR count). The highest BCUT2D eigenvalue weighted by atomic mass is 16.3. The lowest BCUT2D eigenvalue weighted by molar-refractivity contribution is -0.112. The molecule has 0 atom stereocenters. The Balaban J connectivity index is 1.16. The van der Waals surface area contributed by atoms with Gasteiger partial charge in [-0.25, -0.2) is 4.98 Å². The number of phenolic OH excluding ortho intramolecular Hbond substituents is 1. The third-order valence-corrected chi connectivity index (χ3v) is 8.02. The quantitative estimate of drug-likeness (QED) is 0.249. The standard InChI is InChI=1S/C33H35N5O3/c1-22-18-23(2)34-30(19-22)37-16-14-36(15-17-37)28-12-11-25(20-29(28)39)35-33(41)32(40)31-27(24-8-4-3-5-9-24)21-26-10-6-7-13-38(26)31/h3-5,8-9,11-12,18-21,39H,6-7,10,13-17H2,1-2H3,(H,35,41). The van der Waals surface area contributed by atoms with Crippen LogP contribution in [0.4, 0.5) is 17.2 Å². The third kappa shape index (κ3) is 5.42. The van der Waals surface area contributed by atoms with Gasteiger partial charge in [0, 0.05) is 61.4 Å². The molecular weight excluding hydrogens is 514 g/mol. The number of ketones is 1. The summed E-state index contributed by atoms with van der Waals surface area (Å²) < 4.78 is 2.00. The number of rotatable bonds is 6. The molecule has 2 aliphatic heterocycles. The first-order chi connectivity index (χ1) is 19.9. The minimum Gasteiger partial charge on any atom is -0.506 e. The van der Waals surface area contributed by atoms with Crippen molar-refractivity contribution in [2.45, 2.75) is 39.7 Å². The van der Waals surface area contributed by atoms with E-state index >= 15 is 0 Å². The first-order valence-corrected chi connectivity index (χ1v) is 14.3. The van der Waals surface area contributed by atoms with Crippen molar-refractivity contribution < 1.29 is 14.7 Å². The summed E-state index contributed by atoms with van der Waals surface area (Å²) in [6, 6.07) is 21.0. The van der Waals surface area contributed by atoms with Crippen molar-refractivity contribution in [3.8, 4) is 16.9 Å². The zero-order valence-corrected chi connectivity index (χ0v) is 23.6. The molecule has 2 aliphatic rings. The maximum absolute atomic E-state index is 13.6. The predicted molar refractivity (Wildman–Crippen MR) is 162 cm³/mol. The van der Waals surface area contributed by atoms with E-state index in [1.165, 1.54) is 11.6 Å². The summed E-state index contributed by atoms with van der Waals surface area (Å²) >= 11 is 0. The summed E-state index contributed by atoms with van der Waals surface area (Å²) in [5.41, 5.74) is 6.50. The van der Waals surface area contributed by atoms with Crippen LogP contribution in [0, 0.1) is 13.8 Å². The van der Waals surface area contributed by atoms with E-state index in [4.69, 9.17) is 0 Å². The molecule has 0 unspecified atom stereocenters. The highest BCUT2D eigenvalue weighted by Gasteiger charge is 2.28. The molecule has 0 spiro atoms. The third-order valence-electron chi connectivity index (χ3n) is 8.02. The Hall–Kier alpha value is -4.59. The van der Waals surface area contributed by atoms with Crippen LogP contribution >= 0.6 is 0 Å². The number of aryl methyl sites for hydroxylation is 3. The van der Waals surface area contributed by atoms with Crippen LogP contribution in [-0.4, -0.2) is 52.5 Å². The van der Waals surface area contributed by atoms with E-state index in [0.29, 0.717) is 17.1 Å². The summed E-state index contributed by atoms with van der Waals surface area (Å²) in [5, 5.41) is 13.6. The number of piperazine rings is 1. The van der Waals surface area contributed by atoms with Crippen molar-refractivity contribution in [2.24, 2.45) is 0 Å². The fourth-order valence-electron chi connectivity index (χ4n) is 6.05. The van der Waals surface area contributed by atoms with Crippen molar-refractivity contribution in [3.63, 3.8) is 0 Å². The molecule has 2 aromatic carbocycles. The lowest BCUT2D eigenvalue weighted by atomic mass is 10.0. The van der Waals surface area contributed by atoms with Gasteiger partial charge in [-0.2, -0.15) is 0 Å². The number of nitrogens with zero attached hydrogens (tertiary/aromatic N) is 4. The number of benzene rings is 2. The molecule has 2 N–H and O–H groups in total. The molecule has 1 saturated heterocycles. The molecular formula is C33H35N5O3. The van der Waals surface area contributed by atoms with Crippen LogP contribution < -0.4 is 15.1 Å². The highest BCUT2D eigenvalue weighted by Crippen LogP contribution is 2.33. The molecule has 0 radical (unpaired) electrons. The Morgan fingerprint density at radius 3 is 2.34 bits per heavy atom. The number of hydrogen-bond donors (Lipinski definition) is 2. The van der Waals surface area contributed by atoms with Gasteiger partial charge in [0.25, 0.3) is 11.7 Å². The van der Waals surface area contributed by atoms with Gasteiger partial charge in [-0.1, -0.05) is 30.3 Å². The average molecular weight is 550 g/mol. The average Bonchev–Trinajstić information content (AvgIpc) is 3.37. The van der Waals surface area contributed by atoms with Gasteiger partial charge in [-0.15, -0.1) is 0 Å². The first-order valence-electron chi connectivity index (χ1n) is 14.3. The van der Waals surface area contributed by atoms with Gasteiger partial charge < -0.3 is 24.8 Å². The molecule has 0 aliphatic carbocycles. The smallest absolute Gasteiger partial charge is 0.298 e. The number of hydrogen-bond acceptors (Lipinski definition) is 6. The summed E-state index contributed by atoms with van der Waals surface area (Å²) in [7, 11) is 0. The van der Waals surface area contributed by atoms with Crippen LogP contribution in [0.2, 0.25) is 0 Å². The minimum atomic E-state index is -0.713. The van der Waals surface area contributed by atoms with Crippen LogP contribution in [-0.2, 0) is 17.8 Å². The minimum absolute atomic E-state index is 0.0678. The van der Waals surface area contributed by atoms with E-state index < -0.39 is 11.7 Å². The largest absolute Gasteiger partial charge is 0.506 e. The van der Waals surface area contributed by atoms with Crippen molar-refractivity contribution >= 4 is 28.9 Å². The SMILES string of the molecule is Cc1cc(C)nc(N2CCN(c3ccc(NC(=O)C(=O)c4c(-c5ccccc5)cc5n4CCCC5)cc3O)CC2)c1. The van der Waals surface area contributed by atoms with Crippen molar-refractivity contribution in [2.75, 3.05) is 41.3 Å². The zero-order chi connectivity index (χ0) is 28.5. The predicted octanol–water partition coefficient (Wildman–Crippen LogP) is 5.36. The number of fused-ring (bicyclic) bond motifs is 1. The number of Topliss-reactive ketones (excluding diaryl/α,β-unsaturated/α-hetero) is 1. The number of nitrogens with one attached hydrogen (secondary N) is 1. The van der Waals surface area contributed by atoms with E-state index in [1.54, 1.807) is 12.1 Å². The number of carbonyl (C=O) groups excluding carboxylic acids is 2. The maximum Gasteiger partial charge on any atom is 0.298 e. The van der Waals surface area contributed by atoms with Gasteiger partial charge >= 0.3 is 0 Å². The normalized spacial score (nSPS) is 15.0. The van der Waals surface area contributed by atoms with E-state index in [9.17, 15) is 14.7 Å². The number of phenols is 1. The molecule has 8 heteroatoms. The molecule has 1 fully saturated rings. The first kappa shape index (κ1) is 26.6. The fraction of sp³-hybridized carbons (Fsp3) is 0.303. The molecule has 2 aromatic heterocycles. The monoisotopic (exact) mass is 549 g/mol. The number of amides is 1. The van der Waals surface area contributed by atoms with E-state index in [-0.39, 0.29) is 5.75 Å². The van der Waals surface area contributed by atoms with E-state index in [2.05, 4.69) is 39.2 Å². The number of pyridine rings is 1. The second-order valence-corrected chi connectivity index (χ2v) is 11.0. The van der Waals surface area contributed by atoms with Crippen molar-refractivity contribution in [3.05, 3.63) is 89.4 Å². The van der Waals surface area contributed by atoms with Gasteiger partial charge in [0.15, 0.2) is 0 Å². The van der Waals surface area contributed by atoms with Gasteiger partial charge in [-0.05, 0) is 74.6 Å². The Morgan fingerprint density at radius 1 is 0.854 bits per heavy atom.